The molecular weight excluding hydrogens is 222 g/mol. The van der Waals surface area contributed by atoms with Gasteiger partial charge in [0.1, 0.15) is 6.04 Å². The Bertz CT molecular complexity index is 425. The summed E-state index contributed by atoms with van der Waals surface area (Å²) in [4.78, 5) is 22.9. The zero-order valence-electron chi connectivity index (χ0n) is 9.69. The first-order valence-corrected chi connectivity index (χ1v) is 4.98. The number of hydrogen-bond donors (Lipinski definition) is 3. The largest absolute Gasteiger partial charge is 0.467 e. The standard InChI is InChI=1S/C11H15N3O3/c1-6(11(16)17-2)14-10(15)7-3-8(12)5-9(13)4-7/h3-6H,12-13H2,1-2H3,(H,14,15)/t6-/m0/s1. The summed E-state index contributed by atoms with van der Waals surface area (Å²) in [6, 6.07) is 3.78. The Balaban J connectivity index is 2.79. The van der Waals surface area contributed by atoms with E-state index in [1.54, 1.807) is 6.07 Å². The van der Waals surface area contributed by atoms with E-state index in [-0.39, 0.29) is 0 Å². The van der Waals surface area contributed by atoms with Crippen molar-refractivity contribution in [2.75, 3.05) is 18.6 Å². The molecule has 0 radical (unpaired) electrons. The lowest BCUT2D eigenvalue weighted by molar-refractivity contribution is -0.142. The van der Waals surface area contributed by atoms with Crippen LogP contribution in [0.4, 0.5) is 11.4 Å². The van der Waals surface area contributed by atoms with Crippen LogP contribution in [0.25, 0.3) is 0 Å². The van der Waals surface area contributed by atoms with Crippen molar-refractivity contribution < 1.29 is 14.3 Å². The Morgan fingerprint density at radius 3 is 2.24 bits per heavy atom. The second kappa shape index (κ2) is 5.20. The zero-order chi connectivity index (χ0) is 13.0. The molecule has 0 aromatic heterocycles. The molecule has 17 heavy (non-hydrogen) atoms. The van der Waals surface area contributed by atoms with E-state index in [4.69, 9.17) is 11.5 Å². The lowest BCUT2D eigenvalue weighted by Crippen LogP contribution is -2.39. The normalized spacial score (nSPS) is 11.6. The number of anilines is 2. The fourth-order valence-corrected chi connectivity index (χ4v) is 1.32. The molecule has 0 fully saturated rings. The van der Waals surface area contributed by atoms with Crippen LogP contribution >= 0.6 is 0 Å². The van der Waals surface area contributed by atoms with Gasteiger partial charge in [0.05, 0.1) is 7.11 Å². The summed E-state index contributed by atoms with van der Waals surface area (Å²) in [6.45, 7) is 1.53. The van der Waals surface area contributed by atoms with Gasteiger partial charge >= 0.3 is 5.97 Å². The average molecular weight is 237 g/mol. The van der Waals surface area contributed by atoms with E-state index in [0.29, 0.717) is 16.9 Å². The molecule has 0 spiro atoms. The minimum Gasteiger partial charge on any atom is -0.467 e. The summed E-state index contributed by atoms with van der Waals surface area (Å²) in [5.74, 6) is -0.947. The van der Waals surface area contributed by atoms with Crippen molar-refractivity contribution in [1.29, 1.82) is 0 Å². The lowest BCUT2D eigenvalue weighted by Gasteiger charge is -2.12. The minimum atomic E-state index is -0.727. The molecule has 0 aliphatic carbocycles. The topological polar surface area (TPSA) is 107 Å². The van der Waals surface area contributed by atoms with Crippen molar-refractivity contribution in [3.8, 4) is 0 Å². The highest BCUT2D eigenvalue weighted by atomic mass is 16.5. The van der Waals surface area contributed by atoms with Gasteiger partial charge in [-0.15, -0.1) is 0 Å². The predicted molar refractivity (Wildman–Crippen MR) is 64.2 cm³/mol. The number of nitrogens with one attached hydrogen (secondary N) is 1. The molecule has 0 bridgehead atoms. The van der Waals surface area contributed by atoms with E-state index in [1.807, 2.05) is 0 Å². The third-order valence-electron chi connectivity index (χ3n) is 2.14. The van der Waals surface area contributed by atoms with Crippen LogP contribution in [0.2, 0.25) is 0 Å². The lowest BCUT2D eigenvalue weighted by atomic mass is 10.1. The van der Waals surface area contributed by atoms with Gasteiger partial charge in [0.2, 0.25) is 0 Å². The quantitative estimate of drug-likeness (QED) is 0.512. The van der Waals surface area contributed by atoms with Gasteiger partial charge < -0.3 is 21.5 Å². The molecule has 5 N–H and O–H groups in total. The molecule has 0 heterocycles. The molecule has 0 aliphatic rings. The van der Waals surface area contributed by atoms with Gasteiger partial charge in [0.25, 0.3) is 5.91 Å². The van der Waals surface area contributed by atoms with Crippen LogP contribution in [0.15, 0.2) is 18.2 Å². The second-order valence-electron chi connectivity index (χ2n) is 3.61. The highest BCUT2D eigenvalue weighted by molar-refractivity contribution is 5.98. The van der Waals surface area contributed by atoms with Crippen LogP contribution in [0.1, 0.15) is 17.3 Å². The van der Waals surface area contributed by atoms with E-state index < -0.39 is 17.9 Å². The van der Waals surface area contributed by atoms with Crippen LogP contribution in [-0.2, 0) is 9.53 Å². The number of amides is 1. The number of esters is 1. The SMILES string of the molecule is COC(=O)[C@H](C)NC(=O)c1cc(N)cc(N)c1. The van der Waals surface area contributed by atoms with Gasteiger partial charge in [-0.05, 0) is 25.1 Å². The predicted octanol–water partition coefficient (Wildman–Crippen LogP) is 0.142. The number of rotatable bonds is 3. The van der Waals surface area contributed by atoms with Crippen molar-refractivity contribution in [3.05, 3.63) is 23.8 Å². The van der Waals surface area contributed by atoms with Gasteiger partial charge in [0, 0.05) is 16.9 Å². The summed E-state index contributed by atoms with van der Waals surface area (Å²) >= 11 is 0. The number of carbonyl (C=O) groups is 2. The molecule has 0 unspecified atom stereocenters. The second-order valence-corrected chi connectivity index (χ2v) is 3.61. The first-order valence-electron chi connectivity index (χ1n) is 4.98. The van der Waals surface area contributed by atoms with E-state index >= 15 is 0 Å². The minimum absolute atomic E-state index is 0.304. The summed E-state index contributed by atoms with van der Waals surface area (Å²) < 4.78 is 4.49. The maximum Gasteiger partial charge on any atom is 0.328 e. The van der Waals surface area contributed by atoms with Crippen LogP contribution in [-0.4, -0.2) is 25.0 Å². The molecule has 1 amide bonds. The van der Waals surface area contributed by atoms with Gasteiger partial charge in [0.15, 0.2) is 0 Å². The van der Waals surface area contributed by atoms with Crippen LogP contribution in [0.3, 0.4) is 0 Å². The fourth-order valence-electron chi connectivity index (χ4n) is 1.32. The van der Waals surface area contributed by atoms with Gasteiger partial charge in [-0.2, -0.15) is 0 Å². The van der Waals surface area contributed by atoms with Crippen molar-refractivity contribution in [2.45, 2.75) is 13.0 Å². The Labute approximate surface area is 98.9 Å². The number of benzene rings is 1. The van der Waals surface area contributed by atoms with Crippen molar-refractivity contribution in [3.63, 3.8) is 0 Å². The fraction of sp³-hybridized carbons (Fsp3) is 0.273. The van der Waals surface area contributed by atoms with E-state index in [0.717, 1.165) is 0 Å². The molecule has 0 aliphatic heterocycles. The summed E-state index contributed by atoms with van der Waals surface area (Å²) in [6.07, 6.45) is 0. The van der Waals surface area contributed by atoms with Gasteiger partial charge in [-0.1, -0.05) is 0 Å². The third-order valence-corrected chi connectivity index (χ3v) is 2.14. The van der Waals surface area contributed by atoms with Crippen LogP contribution < -0.4 is 16.8 Å². The molecule has 0 saturated heterocycles. The van der Waals surface area contributed by atoms with Crippen LogP contribution in [0.5, 0.6) is 0 Å². The highest BCUT2D eigenvalue weighted by Crippen LogP contribution is 2.13. The maximum absolute atomic E-state index is 11.7. The number of hydrogen-bond acceptors (Lipinski definition) is 5. The Hall–Kier alpha value is -2.24. The molecule has 92 valence electrons. The highest BCUT2D eigenvalue weighted by Gasteiger charge is 2.17. The molecule has 0 saturated carbocycles. The molecule has 1 aromatic carbocycles. The summed E-state index contributed by atoms with van der Waals surface area (Å²) in [7, 11) is 1.25. The number of carbonyl (C=O) groups excluding carboxylic acids is 2. The maximum atomic E-state index is 11.7. The van der Waals surface area contributed by atoms with E-state index in [1.165, 1.54) is 26.2 Å². The number of nitrogens with two attached hydrogens (primary N) is 2. The van der Waals surface area contributed by atoms with Crippen molar-refractivity contribution in [2.24, 2.45) is 0 Å². The molecule has 6 nitrogen and oxygen atoms in total. The Morgan fingerprint density at radius 1 is 1.24 bits per heavy atom. The average Bonchev–Trinajstić information content (AvgIpc) is 2.26. The number of ether oxygens (including phenoxy) is 1. The van der Waals surface area contributed by atoms with Crippen LogP contribution in [0, 0.1) is 0 Å². The molecule has 1 atom stereocenters. The van der Waals surface area contributed by atoms with Gasteiger partial charge in [-0.3, -0.25) is 4.79 Å². The molecule has 6 heteroatoms. The Morgan fingerprint density at radius 2 is 1.76 bits per heavy atom. The first-order chi connectivity index (χ1) is 7.93. The molecule has 1 aromatic rings. The molecular formula is C11H15N3O3. The van der Waals surface area contributed by atoms with E-state index in [9.17, 15) is 9.59 Å². The van der Waals surface area contributed by atoms with Gasteiger partial charge in [-0.25, -0.2) is 4.79 Å². The summed E-state index contributed by atoms with van der Waals surface area (Å²) in [5, 5.41) is 2.48. The number of nitrogen functional groups attached to an aromatic ring is 2. The zero-order valence-corrected chi connectivity index (χ0v) is 9.69. The molecule has 1 rings (SSSR count). The Kier molecular flexibility index (Phi) is 3.92. The summed E-state index contributed by atoms with van der Waals surface area (Å²) in [5.41, 5.74) is 12.2. The third kappa shape index (κ3) is 3.37. The number of methoxy groups -OCH3 is 1. The van der Waals surface area contributed by atoms with E-state index in [2.05, 4.69) is 10.1 Å². The van der Waals surface area contributed by atoms with Crippen molar-refractivity contribution >= 4 is 23.3 Å². The smallest absolute Gasteiger partial charge is 0.328 e. The monoisotopic (exact) mass is 237 g/mol. The first kappa shape index (κ1) is 12.8. The van der Waals surface area contributed by atoms with Crippen molar-refractivity contribution in [1.82, 2.24) is 5.32 Å².